The summed E-state index contributed by atoms with van der Waals surface area (Å²) in [7, 11) is 0. The van der Waals surface area contributed by atoms with Crippen LogP contribution >= 0.6 is 28.3 Å². The van der Waals surface area contributed by atoms with Gasteiger partial charge in [0.2, 0.25) is 0 Å². The van der Waals surface area contributed by atoms with Gasteiger partial charge in [0.25, 0.3) is 5.91 Å². The summed E-state index contributed by atoms with van der Waals surface area (Å²) in [5.41, 5.74) is 6.54. The topological polar surface area (TPSA) is 64.3 Å². The lowest BCUT2D eigenvalue weighted by Crippen LogP contribution is -2.38. The first-order valence-electron chi connectivity index (χ1n) is 6.97. The number of carbonyl (C=O) groups is 1. The molecule has 0 spiro atoms. The van der Waals surface area contributed by atoms with Crippen molar-refractivity contribution in [1.29, 1.82) is 0 Å². The molecule has 0 aliphatic heterocycles. The fraction of sp³-hybridized carbons (Fsp3) is 0.533. The molecule has 1 aliphatic carbocycles. The van der Waals surface area contributed by atoms with Crippen LogP contribution in [0.4, 0.5) is 0 Å². The molecule has 0 aromatic heterocycles. The van der Waals surface area contributed by atoms with E-state index < -0.39 is 0 Å². The van der Waals surface area contributed by atoms with Crippen molar-refractivity contribution in [2.45, 2.75) is 38.8 Å². The standard InChI is InChI=1S/C15H21BrN2O2.ClH/c1-9(2)20-14-7-11(16)5-6-12(14)15(19)18-8-13(17)10-3-4-10;/h5-7,9-10,13H,3-4,8,17H2,1-2H3,(H,18,19);1H. The molecule has 1 aliphatic rings. The zero-order valence-corrected chi connectivity index (χ0v) is 14.7. The van der Waals surface area contributed by atoms with Crippen LogP contribution in [0, 0.1) is 5.92 Å². The quantitative estimate of drug-likeness (QED) is 0.800. The van der Waals surface area contributed by atoms with E-state index in [2.05, 4.69) is 21.2 Å². The number of nitrogens with one attached hydrogen (secondary N) is 1. The first kappa shape index (κ1) is 18.3. The summed E-state index contributed by atoms with van der Waals surface area (Å²) in [6.45, 7) is 4.39. The number of halogens is 2. The number of amides is 1. The molecule has 0 heterocycles. The maximum Gasteiger partial charge on any atom is 0.255 e. The van der Waals surface area contributed by atoms with Crippen LogP contribution < -0.4 is 15.8 Å². The molecular formula is C15H22BrClN2O2. The van der Waals surface area contributed by atoms with Gasteiger partial charge in [-0.2, -0.15) is 0 Å². The van der Waals surface area contributed by atoms with Crippen LogP contribution in [-0.4, -0.2) is 24.6 Å². The van der Waals surface area contributed by atoms with E-state index in [9.17, 15) is 4.79 Å². The minimum atomic E-state index is -0.135. The third-order valence-electron chi connectivity index (χ3n) is 3.28. The van der Waals surface area contributed by atoms with Crippen molar-refractivity contribution in [3.63, 3.8) is 0 Å². The highest BCUT2D eigenvalue weighted by molar-refractivity contribution is 9.10. The summed E-state index contributed by atoms with van der Waals surface area (Å²) in [5.74, 6) is 1.03. The molecule has 1 aromatic carbocycles. The lowest BCUT2D eigenvalue weighted by molar-refractivity contribution is 0.0944. The maximum atomic E-state index is 12.2. The van der Waals surface area contributed by atoms with Crippen LogP contribution in [-0.2, 0) is 0 Å². The second-order valence-corrected chi connectivity index (χ2v) is 6.43. The molecule has 6 heteroatoms. The minimum Gasteiger partial charge on any atom is -0.490 e. The molecule has 1 amide bonds. The van der Waals surface area contributed by atoms with Crippen molar-refractivity contribution < 1.29 is 9.53 Å². The molecule has 1 aromatic rings. The Bertz CT molecular complexity index is 493. The number of rotatable bonds is 6. The van der Waals surface area contributed by atoms with Gasteiger partial charge in [-0.1, -0.05) is 15.9 Å². The predicted octanol–water partition coefficient (Wildman–Crippen LogP) is 3.13. The van der Waals surface area contributed by atoms with Gasteiger partial charge in [0.1, 0.15) is 5.75 Å². The molecule has 4 nitrogen and oxygen atoms in total. The van der Waals surface area contributed by atoms with Crippen LogP contribution in [0.2, 0.25) is 0 Å². The zero-order chi connectivity index (χ0) is 14.7. The molecule has 0 radical (unpaired) electrons. The molecule has 1 fully saturated rings. The average molecular weight is 378 g/mol. The second kappa shape index (κ2) is 8.01. The van der Waals surface area contributed by atoms with Gasteiger partial charge < -0.3 is 15.8 Å². The molecular weight excluding hydrogens is 356 g/mol. The monoisotopic (exact) mass is 376 g/mol. The van der Waals surface area contributed by atoms with Gasteiger partial charge in [0.15, 0.2) is 0 Å². The second-order valence-electron chi connectivity index (χ2n) is 5.52. The fourth-order valence-electron chi connectivity index (χ4n) is 2.03. The van der Waals surface area contributed by atoms with E-state index in [4.69, 9.17) is 10.5 Å². The van der Waals surface area contributed by atoms with Gasteiger partial charge in [-0.3, -0.25) is 4.79 Å². The van der Waals surface area contributed by atoms with Gasteiger partial charge >= 0.3 is 0 Å². The number of hydrogen-bond acceptors (Lipinski definition) is 3. The number of hydrogen-bond donors (Lipinski definition) is 2. The summed E-state index contributed by atoms with van der Waals surface area (Å²) in [5, 5.41) is 2.89. The first-order valence-corrected chi connectivity index (χ1v) is 7.76. The lowest BCUT2D eigenvalue weighted by Gasteiger charge is -2.16. The Hall–Kier alpha value is -0.780. The number of carbonyl (C=O) groups excluding carboxylic acids is 1. The molecule has 2 rings (SSSR count). The highest BCUT2D eigenvalue weighted by Gasteiger charge is 2.28. The molecule has 3 N–H and O–H groups in total. The van der Waals surface area contributed by atoms with Gasteiger partial charge in [-0.05, 0) is 50.8 Å². The van der Waals surface area contributed by atoms with Gasteiger partial charge in [-0.25, -0.2) is 0 Å². The van der Waals surface area contributed by atoms with E-state index in [0.717, 1.165) is 4.47 Å². The summed E-state index contributed by atoms with van der Waals surface area (Å²) in [6, 6.07) is 5.47. The Kier molecular flexibility index (Phi) is 6.97. The molecule has 1 unspecified atom stereocenters. The molecule has 21 heavy (non-hydrogen) atoms. The largest absolute Gasteiger partial charge is 0.490 e. The van der Waals surface area contributed by atoms with Crippen LogP contribution in [0.5, 0.6) is 5.75 Å². The van der Waals surface area contributed by atoms with Crippen molar-refractivity contribution in [2.75, 3.05) is 6.54 Å². The van der Waals surface area contributed by atoms with Gasteiger partial charge in [0, 0.05) is 17.1 Å². The summed E-state index contributed by atoms with van der Waals surface area (Å²) >= 11 is 3.39. The Morgan fingerprint density at radius 3 is 2.71 bits per heavy atom. The van der Waals surface area contributed by atoms with E-state index >= 15 is 0 Å². The third kappa shape index (κ3) is 5.49. The van der Waals surface area contributed by atoms with Crippen LogP contribution in [0.1, 0.15) is 37.0 Å². The Morgan fingerprint density at radius 1 is 1.48 bits per heavy atom. The molecule has 1 atom stereocenters. The Balaban J connectivity index is 0.00000220. The van der Waals surface area contributed by atoms with Crippen LogP contribution in [0.15, 0.2) is 22.7 Å². The molecule has 0 bridgehead atoms. The maximum absolute atomic E-state index is 12.2. The molecule has 0 saturated heterocycles. The van der Waals surface area contributed by atoms with Crippen molar-refractivity contribution in [3.8, 4) is 5.75 Å². The Labute approximate surface area is 140 Å². The number of nitrogens with two attached hydrogens (primary N) is 1. The van der Waals surface area contributed by atoms with Crippen LogP contribution in [0.3, 0.4) is 0 Å². The summed E-state index contributed by atoms with van der Waals surface area (Å²) < 4.78 is 6.58. The van der Waals surface area contributed by atoms with Crippen molar-refractivity contribution in [1.82, 2.24) is 5.32 Å². The smallest absolute Gasteiger partial charge is 0.255 e. The molecule has 1 saturated carbocycles. The van der Waals surface area contributed by atoms with E-state index in [-0.39, 0.29) is 30.5 Å². The zero-order valence-electron chi connectivity index (χ0n) is 12.3. The highest BCUT2D eigenvalue weighted by Crippen LogP contribution is 2.31. The summed E-state index contributed by atoms with van der Waals surface area (Å²) in [6.07, 6.45) is 2.37. The van der Waals surface area contributed by atoms with Crippen LogP contribution in [0.25, 0.3) is 0 Å². The van der Waals surface area contributed by atoms with Crippen molar-refractivity contribution >= 4 is 34.2 Å². The van der Waals surface area contributed by atoms with Crippen molar-refractivity contribution in [3.05, 3.63) is 28.2 Å². The summed E-state index contributed by atoms with van der Waals surface area (Å²) in [4.78, 5) is 12.2. The van der Waals surface area contributed by atoms with E-state index in [1.165, 1.54) is 12.8 Å². The van der Waals surface area contributed by atoms with Gasteiger partial charge in [-0.15, -0.1) is 12.4 Å². The Morgan fingerprint density at radius 2 is 2.14 bits per heavy atom. The average Bonchev–Trinajstić information content (AvgIpc) is 3.19. The van der Waals surface area contributed by atoms with Crippen molar-refractivity contribution in [2.24, 2.45) is 11.7 Å². The van der Waals surface area contributed by atoms with E-state index in [1.54, 1.807) is 6.07 Å². The number of ether oxygens (including phenoxy) is 1. The number of benzene rings is 1. The first-order chi connectivity index (χ1) is 9.47. The normalized spacial score (nSPS) is 15.3. The minimum absolute atomic E-state index is 0. The fourth-order valence-corrected chi connectivity index (χ4v) is 2.37. The highest BCUT2D eigenvalue weighted by atomic mass is 79.9. The predicted molar refractivity (Wildman–Crippen MR) is 90.2 cm³/mol. The van der Waals surface area contributed by atoms with Gasteiger partial charge in [0.05, 0.1) is 11.7 Å². The molecule has 118 valence electrons. The lowest BCUT2D eigenvalue weighted by atomic mass is 10.1. The van der Waals surface area contributed by atoms with E-state index in [1.807, 2.05) is 26.0 Å². The van der Waals surface area contributed by atoms with E-state index in [0.29, 0.717) is 23.8 Å². The SMILES string of the molecule is CC(C)Oc1cc(Br)ccc1C(=O)NCC(N)C1CC1.Cl. The third-order valence-corrected chi connectivity index (χ3v) is 3.77.